The average molecular weight is 604 g/mol. The highest BCUT2D eigenvalue weighted by Crippen LogP contribution is 2.35. The highest BCUT2D eigenvalue weighted by molar-refractivity contribution is 9.10. The predicted octanol–water partition coefficient (Wildman–Crippen LogP) is 4.46. The molecule has 5 heterocycles. The van der Waals surface area contributed by atoms with E-state index >= 15 is 0 Å². The molecule has 1 aliphatic heterocycles. The summed E-state index contributed by atoms with van der Waals surface area (Å²) >= 11 is 7.53. The maximum atomic E-state index is 13.6. The van der Waals surface area contributed by atoms with Crippen LogP contribution in [0.25, 0.3) is 6.08 Å². The molecule has 0 aliphatic carbocycles. The molecule has 4 aromatic heterocycles. The first-order valence-electron chi connectivity index (χ1n) is 10.9. The number of hydrogen-bond donors (Lipinski definition) is 0. The Morgan fingerprint density at radius 3 is 2.92 bits per heavy atom. The number of aromatic nitrogens is 3. The highest BCUT2D eigenvalue weighted by Gasteiger charge is 2.33. The van der Waals surface area contributed by atoms with E-state index in [2.05, 4.69) is 30.9 Å². The molecule has 12 heteroatoms. The number of carbonyl (C=O) groups excluding carboxylic acids is 1. The lowest BCUT2D eigenvalue weighted by atomic mass is 10.0. The molecule has 0 spiro atoms. The third kappa shape index (κ3) is 4.77. The summed E-state index contributed by atoms with van der Waals surface area (Å²) in [5.74, 6) is 0.0257. The summed E-state index contributed by atoms with van der Waals surface area (Å²) in [4.78, 5) is 41.1. The van der Waals surface area contributed by atoms with E-state index in [1.807, 2.05) is 30.5 Å². The zero-order chi connectivity index (χ0) is 25.4. The molecule has 1 atom stereocenters. The van der Waals surface area contributed by atoms with Crippen molar-refractivity contribution in [2.24, 2.45) is 4.99 Å². The number of thiophene rings is 1. The Morgan fingerprint density at radius 1 is 1.36 bits per heavy atom. The number of ether oxygens (including phenoxy) is 1. The normalized spacial score (nSPS) is 15.7. The molecule has 0 amide bonds. The van der Waals surface area contributed by atoms with Crippen LogP contribution in [0.1, 0.15) is 36.2 Å². The van der Waals surface area contributed by atoms with E-state index in [0.717, 1.165) is 15.0 Å². The minimum atomic E-state index is -0.602. The second-order valence-corrected chi connectivity index (χ2v) is 11.5. The Bertz CT molecular complexity index is 1670. The van der Waals surface area contributed by atoms with Gasteiger partial charge in [0.25, 0.3) is 5.56 Å². The van der Waals surface area contributed by atoms with Gasteiger partial charge in [0.05, 0.1) is 26.9 Å². The van der Waals surface area contributed by atoms with Crippen LogP contribution in [0.15, 0.2) is 76.0 Å². The van der Waals surface area contributed by atoms with Crippen molar-refractivity contribution in [2.75, 3.05) is 6.61 Å². The quantitative estimate of drug-likeness (QED) is 0.237. The van der Waals surface area contributed by atoms with E-state index in [-0.39, 0.29) is 12.2 Å². The van der Waals surface area contributed by atoms with Crippen LogP contribution in [0, 0.1) is 6.92 Å². The summed E-state index contributed by atoms with van der Waals surface area (Å²) in [7, 11) is 0. The SMILES string of the molecule is CCOC(=O)C1=C(C)N=c2s/c(=C/c3cc(Br)c(Sc4nccc(C)n4)o3)c(=O)n2[C@@H]1c1cccs1. The Kier molecular flexibility index (Phi) is 7.11. The van der Waals surface area contributed by atoms with Crippen molar-refractivity contribution < 1.29 is 13.9 Å². The van der Waals surface area contributed by atoms with E-state index in [1.54, 1.807) is 36.8 Å². The van der Waals surface area contributed by atoms with Crippen molar-refractivity contribution in [2.45, 2.75) is 37.1 Å². The number of esters is 1. The van der Waals surface area contributed by atoms with Crippen LogP contribution in [-0.2, 0) is 9.53 Å². The highest BCUT2D eigenvalue weighted by atomic mass is 79.9. The summed E-state index contributed by atoms with van der Waals surface area (Å²) in [6.45, 7) is 5.65. The molecule has 0 N–H and O–H groups in total. The molecule has 0 aromatic carbocycles. The van der Waals surface area contributed by atoms with Crippen LogP contribution >= 0.6 is 50.4 Å². The molecule has 0 bridgehead atoms. The van der Waals surface area contributed by atoms with E-state index in [1.165, 1.54) is 34.4 Å². The number of furan rings is 1. The first-order chi connectivity index (χ1) is 17.4. The van der Waals surface area contributed by atoms with Crippen molar-refractivity contribution >= 4 is 62.4 Å². The standard InChI is InChI=1S/C24H19BrN4O4S3/c1-4-32-21(31)18-13(3)28-24-29(19(18)16-6-5-9-34-16)20(30)17(35-24)11-14-10-15(25)22(33-14)36-23-26-8-7-12(2)27-23/h5-11,19H,4H2,1-3H3/b17-11+/t19-/m1/s1. The molecule has 0 saturated heterocycles. The smallest absolute Gasteiger partial charge is 0.338 e. The van der Waals surface area contributed by atoms with Crippen LogP contribution in [0.2, 0.25) is 0 Å². The van der Waals surface area contributed by atoms with Crippen molar-refractivity contribution in [3.05, 3.63) is 87.6 Å². The van der Waals surface area contributed by atoms with Crippen molar-refractivity contribution in [3.63, 3.8) is 0 Å². The fraction of sp³-hybridized carbons (Fsp3) is 0.208. The number of aryl methyl sites for hydroxylation is 1. The van der Waals surface area contributed by atoms with E-state index in [0.29, 0.717) is 36.6 Å². The predicted molar refractivity (Wildman–Crippen MR) is 142 cm³/mol. The molecule has 4 aromatic rings. The number of hydrogen-bond acceptors (Lipinski definition) is 10. The van der Waals surface area contributed by atoms with Gasteiger partial charge in [-0.3, -0.25) is 9.36 Å². The largest absolute Gasteiger partial charge is 0.463 e. The lowest BCUT2D eigenvalue weighted by molar-refractivity contribution is -0.139. The van der Waals surface area contributed by atoms with Gasteiger partial charge in [0.2, 0.25) is 0 Å². The van der Waals surface area contributed by atoms with Crippen molar-refractivity contribution in [1.82, 2.24) is 14.5 Å². The van der Waals surface area contributed by atoms with Gasteiger partial charge in [-0.1, -0.05) is 17.4 Å². The maximum Gasteiger partial charge on any atom is 0.338 e. The van der Waals surface area contributed by atoms with Gasteiger partial charge in [0.1, 0.15) is 11.8 Å². The third-order valence-electron chi connectivity index (χ3n) is 5.23. The van der Waals surface area contributed by atoms with Gasteiger partial charge in [-0.25, -0.2) is 19.8 Å². The Hall–Kier alpha value is -2.80. The zero-order valence-electron chi connectivity index (χ0n) is 19.4. The van der Waals surface area contributed by atoms with Crippen LogP contribution in [0.4, 0.5) is 0 Å². The van der Waals surface area contributed by atoms with Gasteiger partial charge in [-0.15, -0.1) is 11.3 Å². The van der Waals surface area contributed by atoms with Gasteiger partial charge in [-0.05, 0) is 72.0 Å². The number of allylic oxidation sites excluding steroid dienone is 1. The minimum Gasteiger partial charge on any atom is -0.463 e. The number of halogens is 1. The molecule has 5 rings (SSSR count). The number of thiazole rings is 1. The maximum absolute atomic E-state index is 13.6. The second-order valence-electron chi connectivity index (χ2n) is 7.68. The van der Waals surface area contributed by atoms with Gasteiger partial charge in [-0.2, -0.15) is 0 Å². The van der Waals surface area contributed by atoms with Crippen LogP contribution in [0.3, 0.4) is 0 Å². The van der Waals surface area contributed by atoms with E-state index in [4.69, 9.17) is 9.15 Å². The topological polar surface area (TPSA) is 99.6 Å². The molecule has 0 fully saturated rings. The number of fused-ring (bicyclic) bond motifs is 1. The van der Waals surface area contributed by atoms with Crippen molar-refractivity contribution in [1.29, 1.82) is 0 Å². The fourth-order valence-corrected chi connectivity index (χ4v) is 6.87. The average Bonchev–Trinajstić information content (AvgIpc) is 3.54. The third-order valence-corrected chi connectivity index (χ3v) is 8.86. The molecule has 184 valence electrons. The molecule has 36 heavy (non-hydrogen) atoms. The molecule has 0 saturated carbocycles. The van der Waals surface area contributed by atoms with Gasteiger partial charge in [0.15, 0.2) is 15.1 Å². The number of rotatable bonds is 6. The second kappa shape index (κ2) is 10.3. The molecule has 0 radical (unpaired) electrons. The van der Waals surface area contributed by atoms with E-state index < -0.39 is 12.0 Å². The summed E-state index contributed by atoms with van der Waals surface area (Å²) in [6.07, 6.45) is 3.38. The molecular formula is C24H19BrN4O4S3. The molecule has 8 nitrogen and oxygen atoms in total. The summed E-state index contributed by atoms with van der Waals surface area (Å²) in [5, 5.41) is 3.06. The summed E-state index contributed by atoms with van der Waals surface area (Å²) < 4.78 is 14.0. The number of nitrogens with zero attached hydrogens (tertiary/aromatic N) is 4. The number of carbonyl (C=O) groups is 1. The fourth-order valence-electron chi connectivity index (χ4n) is 3.70. The van der Waals surface area contributed by atoms with Crippen LogP contribution in [-0.4, -0.2) is 27.1 Å². The Labute approximate surface area is 226 Å². The molecular weight excluding hydrogens is 584 g/mol. The molecule has 1 aliphatic rings. The van der Waals surface area contributed by atoms with E-state index in [9.17, 15) is 9.59 Å². The lowest BCUT2D eigenvalue weighted by Gasteiger charge is -2.23. The Morgan fingerprint density at radius 2 is 2.19 bits per heavy atom. The lowest BCUT2D eigenvalue weighted by Crippen LogP contribution is -2.39. The Balaban J connectivity index is 1.58. The minimum absolute atomic E-state index is 0.235. The van der Waals surface area contributed by atoms with Gasteiger partial charge < -0.3 is 9.15 Å². The first-order valence-corrected chi connectivity index (χ1v) is 14.2. The zero-order valence-corrected chi connectivity index (χ0v) is 23.4. The summed E-state index contributed by atoms with van der Waals surface area (Å²) in [5.41, 5.74) is 1.51. The van der Waals surface area contributed by atoms with Crippen molar-refractivity contribution in [3.8, 4) is 0 Å². The van der Waals surface area contributed by atoms with Gasteiger partial charge in [0, 0.05) is 22.8 Å². The van der Waals surface area contributed by atoms with Crippen LogP contribution < -0.4 is 14.9 Å². The molecule has 0 unspecified atom stereocenters. The first kappa shape index (κ1) is 24.9. The monoisotopic (exact) mass is 602 g/mol. The van der Waals surface area contributed by atoms with Crippen LogP contribution in [0.5, 0.6) is 0 Å². The van der Waals surface area contributed by atoms with Gasteiger partial charge >= 0.3 is 5.97 Å². The summed E-state index contributed by atoms with van der Waals surface area (Å²) in [6, 6.07) is 6.82.